The lowest BCUT2D eigenvalue weighted by Gasteiger charge is -2.41. The maximum Gasteiger partial charge on any atom is 0.416 e. The first-order valence-corrected chi connectivity index (χ1v) is 10.7. The summed E-state index contributed by atoms with van der Waals surface area (Å²) >= 11 is 0. The van der Waals surface area contributed by atoms with Gasteiger partial charge in [-0.15, -0.1) is 0 Å². The molecular weight excluding hydrogens is 405 g/mol. The Hall–Kier alpha value is -2.25. The van der Waals surface area contributed by atoms with Crippen LogP contribution in [0.25, 0.3) is 0 Å². The molecule has 4 rings (SSSR count). The fraction of sp³-hybridized carbons (Fsp3) is 0.500. The molecule has 0 amide bonds. The average molecular weight is 435 g/mol. The van der Waals surface area contributed by atoms with E-state index in [4.69, 9.17) is 9.47 Å². The largest absolute Gasteiger partial charge is 0.493 e. The zero-order valence-corrected chi connectivity index (χ0v) is 18.0. The summed E-state index contributed by atoms with van der Waals surface area (Å²) in [5, 5.41) is 0. The molecule has 0 spiro atoms. The molecule has 4 nitrogen and oxygen atoms in total. The van der Waals surface area contributed by atoms with Crippen LogP contribution < -0.4 is 9.47 Å². The van der Waals surface area contributed by atoms with Crippen LogP contribution in [0.3, 0.4) is 0 Å². The molecular formula is C24H29F3N2O2. The molecule has 2 aliphatic heterocycles. The van der Waals surface area contributed by atoms with Gasteiger partial charge in [0, 0.05) is 32.2 Å². The predicted molar refractivity (Wildman–Crippen MR) is 113 cm³/mol. The van der Waals surface area contributed by atoms with E-state index in [0.29, 0.717) is 18.2 Å². The van der Waals surface area contributed by atoms with Crippen LogP contribution in [0.15, 0.2) is 36.4 Å². The second-order valence-electron chi connectivity index (χ2n) is 8.38. The van der Waals surface area contributed by atoms with Crippen LogP contribution >= 0.6 is 0 Å². The van der Waals surface area contributed by atoms with Crippen molar-refractivity contribution in [2.45, 2.75) is 44.6 Å². The Morgan fingerprint density at radius 2 is 1.71 bits per heavy atom. The zero-order valence-electron chi connectivity index (χ0n) is 18.0. The molecule has 168 valence electrons. The molecule has 0 bridgehead atoms. The van der Waals surface area contributed by atoms with Crippen LogP contribution in [0.2, 0.25) is 0 Å². The summed E-state index contributed by atoms with van der Waals surface area (Å²) in [6.07, 6.45) is -1.32. The van der Waals surface area contributed by atoms with Gasteiger partial charge in [-0.2, -0.15) is 13.2 Å². The first-order valence-electron chi connectivity index (χ1n) is 10.7. The maximum absolute atomic E-state index is 13.4. The van der Waals surface area contributed by atoms with Crippen LogP contribution in [0.5, 0.6) is 11.5 Å². The molecule has 1 atom stereocenters. The zero-order chi connectivity index (χ0) is 22.0. The third kappa shape index (κ3) is 4.83. The number of likely N-dealkylation sites (tertiary alicyclic amines) is 1. The Labute approximate surface area is 181 Å². The molecule has 31 heavy (non-hydrogen) atoms. The summed E-state index contributed by atoms with van der Waals surface area (Å²) in [7, 11) is 3.29. The molecule has 1 saturated heterocycles. The number of ether oxygens (including phenoxy) is 2. The Morgan fingerprint density at radius 1 is 1.00 bits per heavy atom. The van der Waals surface area contributed by atoms with Gasteiger partial charge in [0.05, 0.1) is 19.8 Å². The minimum absolute atomic E-state index is 0.335. The molecule has 7 heteroatoms. The van der Waals surface area contributed by atoms with E-state index in [0.717, 1.165) is 56.9 Å². The van der Waals surface area contributed by atoms with Crippen molar-refractivity contribution >= 4 is 0 Å². The highest BCUT2D eigenvalue weighted by Gasteiger charge is 2.34. The third-order valence-electron chi connectivity index (χ3n) is 6.46. The molecule has 1 fully saturated rings. The van der Waals surface area contributed by atoms with Crippen LogP contribution in [0, 0.1) is 0 Å². The summed E-state index contributed by atoms with van der Waals surface area (Å²) in [5.41, 5.74) is 2.35. The Bertz CT molecular complexity index is 916. The van der Waals surface area contributed by atoms with Gasteiger partial charge in [-0.05, 0) is 60.7 Å². The lowest BCUT2D eigenvalue weighted by molar-refractivity contribution is -0.138. The third-order valence-corrected chi connectivity index (χ3v) is 6.46. The standard InChI is InChI=1S/C24H29F3N2O2/c1-30-22-12-17-9-11-29(15-19(17)13-23(22)31-2)20-7-5-10-28(16-20)14-18-6-3-4-8-21(18)24(25,26)27/h3-4,6,8,12-13,20H,5,7,9-11,14-16H2,1-2H3. The minimum Gasteiger partial charge on any atom is -0.493 e. The molecule has 2 aliphatic rings. The topological polar surface area (TPSA) is 24.9 Å². The lowest BCUT2D eigenvalue weighted by Crippen LogP contribution is -2.49. The number of alkyl halides is 3. The van der Waals surface area contributed by atoms with E-state index in [-0.39, 0.29) is 0 Å². The van der Waals surface area contributed by atoms with Gasteiger partial charge >= 0.3 is 6.18 Å². The highest BCUT2D eigenvalue weighted by molar-refractivity contribution is 5.48. The summed E-state index contributed by atoms with van der Waals surface area (Å²) in [6, 6.07) is 10.4. The number of halogens is 3. The van der Waals surface area contributed by atoms with Gasteiger partial charge < -0.3 is 9.47 Å². The fourth-order valence-corrected chi connectivity index (χ4v) is 4.87. The number of hydrogen-bond acceptors (Lipinski definition) is 4. The Morgan fingerprint density at radius 3 is 2.42 bits per heavy atom. The SMILES string of the molecule is COc1cc2c(cc1OC)CN(C1CCCN(Cc3ccccc3C(F)(F)F)C1)CC2. The smallest absolute Gasteiger partial charge is 0.416 e. The number of nitrogens with zero attached hydrogens (tertiary/aromatic N) is 2. The number of fused-ring (bicyclic) bond motifs is 1. The second kappa shape index (κ2) is 9.09. The van der Waals surface area contributed by atoms with Crippen molar-refractivity contribution in [3.05, 3.63) is 58.7 Å². The number of rotatable bonds is 5. The molecule has 0 saturated carbocycles. The van der Waals surface area contributed by atoms with Crippen molar-refractivity contribution < 1.29 is 22.6 Å². The highest BCUT2D eigenvalue weighted by atomic mass is 19.4. The van der Waals surface area contributed by atoms with Crippen molar-refractivity contribution in [2.75, 3.05) is 33.9 Å². The molecule has 0 radical (unpaired) electrons. The van der Waals surface area contributed by atoms with E-state index < -0.39 is 11.7 Å². The van der Waals surface area contributed by atoms with Crippen LogP contribution in [0.4, 0.5) is 13.2 Å². The summed E-state index contributed by atoms with van der Waals surface area (Å²) in [5.74, 6) is 1.49. The highest BCUT2D eigenvalue weighted by Crippen LogP contribution is 2.35. The Balaban J connectivity index is 1.46. The average Bonchev–Trinajstić information content (AvgIpc) is 2.77. The Kier molecular flexibility index (Phi) is 6.44. The van der Waals surface area contributed by atoms with E-state index in [1.807, 2.05) is 0 Å². The van der Waals surface area contributed by atoms with Crippen LogP contribution in [-0.2, 0) is 25.7 Å². The quantitative estimate of drug-likeness (QED) is 0.678. The van der Waals surface area contributed by atoms with Gasteiger partial charge in [0.2, 0.25) is 0 Å². The number of benzene rings is 2. The van der Waals surface area contributed by atoms with E-state index in [1.165, 1.54) is 23.3 Å². The monoisotopic (exact) mass is 434 g/mol. The molecule has 0 aliphatic carbocycles. The molecule has 0 aromatic heterocycles. The van der Waals surface area contributed by atoms with E-state index in [2.05, 4.69) is 21.9 Å². The summed E-state index contributed by atoms with van der Waals surface area (Å²) in [4.78, 5) is 4.64. The number of hydrogen-bond donors (Lipinski definition) is 0. The molecule has 2 aromatic carbocycles. The summed E-state index contributed by atoms with van der Waals surface area (Å²) < 4.78 is 51.0. The molecule has 2 heterocycles. The van der Waals surface area contributed by atoms with Crippen molar-refractivity contribution in [3.63, 3.8) is 0 Å². The van der Waals surface area contributed by atoms with Crippen molar-refractivity contribution in [1.82, 2.24) is 9.80 Å². The normalized spacial score (nSPS) is 20.4. The van der Waals surface area contributed by atoms with Gasteiger partial charge in [-0.3, -0.25) is 9.80 Å². The van der Waals surface area contributed by atoms with E-state index in [9.17, 15) is 13.2 Å². The van der Waals surface area contributed by atoms with E-state index in [1.54, 1.807) is 26.4 Å². The van der Waals surface area contributed by atoms with Gasteiger partial charge in [-0.25, -0.2) is 0 Å². The number of methoxy groups -OCH3 is 2. The maximum atomic E-state index is 13.4. The molecule has 2 aromatic rings. The minimum atomic E-state index is -4.32. The van der Waals surface area contributed by atoms with Crippen LogP contribution in [-0.4, -0.2) is 49.7 Å². The van der Waals surface area contributed by atoms with Gasteiger partial charge in [-0.1, -0.05) is 18.2 Å². The van der Waals surface area contributed by atoms with Gasteiger partial charge in [0.25, 0.3) is 0 Å². The second-order valence-corrected chi connectivity index (χ2v) is 8.38. The van der Waals surface area contributed by atoms with Gasteiger partial charge in [0.1, 0.15) is 0 Å². The lowest BCUT2D eigenvalue weighted by atomic mass is 9.95. The van der Waals surface area contributed by atoms with Crippen molar-refractivity contribution in [1.29, 1.82) is 0 Å². The van der Waals surface area contributed by atoms with Gasteiger partial charge in [0.15, 0.2) is 11.5 Å². The van der Waals surface area contributed by atoms with E-state index >= 15 is 0 Å². The first kappa shape index (κ1) is 22.0. The fourth-order valence-electron chi connectivity index (χ4n) is 4.87. The molecule has 1 unspecified atom stereocenters. The predicted octanol–water partition coefficient (Wildman–Crippen LogP) is 4.75. The summed E-state index contributed by atoms with van der Waals surface area (Å²) in [6.45, 7) is 3.72. The van der Waals surface area contributed by atoms with Crippen molar-refractivity contribution in [3.8, 4) is 11.5 Å². The van der Waals surface area contributed by atoms with Crippen LogP contribution in [0.1, 0.15) is 35.1 Å². The first-order chi connectivity index (χ1) is 14.9. The van der Waals surface area contributed by atoms with Crippen molar-refractivity contribution in [2.24, 2.45) is 0 Å². The molecule has 0 N–H and O–H groups in total. The number of piperidine rings is 1.